The molecule has 1 unspecified atom stereocenters. The smallest absolute Gasteiger partial charge is 0.394 e. The van der Waals surface area contributed by atoms with Gasteiger partial charge in [0.1, 0.15) is 10.6 Å². The molecule has 1 saturated carbocycles. The fourth-order valence-electron chi connectivity index (χ4n) is 4.32. The first-order valence-corrected chi connectivity index (χ1v) is 12.8. The molecule has 3 N–H and O–H groups in total. The Morgan fingerprint density at radius 2 is 1.91 bits per heavy atom. The van der Waals surface area contributed by atoms with Crippen LogP contribution in [0.3, 0.4) is 0 Å². The van der Waals surface area contributed by atoms with E-state index < -0.39 is 70.0 Å². The molecule has 0 aromatic carbocycles. The van der Waals surface area contributed by atoms with Crippen molar-refractivity contribution in [2.24, 2.45) is 5.92 Å². The van der Waals surface area contributed by atoms with Gasteiger partial charge in [0.05, 0.1) is 34.4 Å². The van der Waals surface area contributed by atoms with Crippen molar-refractivity contribution < 1.29 is 40.6 Å². The Bertz CT molecular complexity index is 1330. The van der Waals surface area contributed by atoms with Crippen molar-refractivity contribution in [1.82, 2.24) is 19.3 Å². The summed E-state index contributed by atoms with van der Waals surface area (Å²) in [4.78, 5) is 3.63. The van der Waals surface area contributed by atoms with E-state index in [1.54, 1.807) is 6.92 Å². The van der Waals surface area contributed by atoms with Crippen LogP contribution in [-0.4, -0.2) is 57.5 Å². The van der Waals surface area contributed by atoms with Gasteiger partial charge in [-0.25, -0.2) is 31.4 Å². The van der Waals surface area contributed by atoms with Crippen molar-refractivity contribution in [2.75, 3.05) is 6.61 Å². The van der Waals surface area contributed by atoms with Crippen molar-refractivity contribution in [3.63, 3.8) is 0 Å². The molecule has 35 heavy (non-hydrogen) atoms. The van der Waals surface area contributed by atoms with Crippen LogP contribution in [0.2, 0.25) is 0 Å². The molecule has 2 aromatic rings. The van der Waals surface area contributed by atoms with Crippen LogP contribution < -0.4 is 4.72 Å². The molecule has 0 bridgehead atoms. The van der Waals surface area contributed by atoms with Gasteiger partial charge in [-0.3, -0.25) is 0 Å². The van der Waals surface area contributed by atoms with Crippen LogP contribution in [-0.2, 0) is 15.6 Å². The van der Waals surface area contributed by atoms with E-state index in [4.69, 9.17) is 0 Å². The molecule has 0 amide bonds. The number of rotatable bonds is 6. The zero-order valence-corrected chi connectivity index (χ0v) is 20.5. The molecular formula is C20H23F5N4O4S2. The molecule has 15 heteroatoms. The minimum absolute atomic E-state index is 0.0976. The number of nitrogens with one attached hydrogen (secondary N) is 1. The van der Waals surface area contributed by atoms with Gasteiger partial charge in [0.15, 0.2) is 0 Å². The Kier molecular flexibility index (Phi) is 6.00. The van der Waals surface area contributed by atoms with Crippen molar-refractivity contribution in [3.05, 3.63) is 33.5 Å². The first-order valence-electron chi connectivity index (χ1n) is 10.5. The predicted molar refractivity (Wildman–Crippen MR) is 117 cm³/mol. The summed E-state index contributed by atoms with van der Waals surface area (Å²) in [6.07, 6.45) is -5.65. The zero-order valence-electron chi connectivity index (χ0n) is 18.8. The van der Waals surface area contributed by atoms with E-state index in [1.165, 1.54) is 24.4 Å². The van der Waals surface area contributed by atoms with Crippen LogP contribution in [0.25, 0.3) is 10.5 Å². The summed E-state index contributed by atoms with van der Waals surface area (Å²) in [5, 5.41) is 24.4. The van der Waals surface area contributed by atoms with Crippen LogP contribution in [0.4, 0.5) is 22.0 Å². The van der Waals surface area contributed by atoms with Crippen LogP contribution in [0, 0.1) is 12.8 Å². The molecule has 1 fully saturated rings. The third-order valence-corrected chi connectivity index (χ3v) is 8.89. The van der Waals surface area contributed by atoms with Crippen LogP contribution in [0.1, 0.15) is 49.5 Å². The number of hydrogen-bond donors (Lipinski definition) is 3. The minimum atomic E-state index is -4.94. The number of aliphatic hydroxyl groups excluding tert-OH is 1. The highest BCUT2D eigenvalue weighted by molar-refractivity contribution is 7.93. The number of imidazole rings is 1. The third-order valence-electron chi connectivity index (χ3n) is 5.94. The normalized spacial score (nSPS) is 22.6. The average molecular weight is 543 g/mol. The Balaban J connectivity index is 1.79. The monoisotopic (exact) mass is 542 g/mol. The molecule has 8 nitrogen and oxygen atoms in total. The molecule has 1 atom stereocenters. The quantitative estimate of drug-likeness (QED) is 0.483. The maximum Gasteiger partial charge on any atom is 0.396 e. The van der Waals surface area contributed by atoms with Gasteiger partial charge in [0.2, 0.25) is 15.0 Å². The summed E-state index contributed by atoms with van der Waals surface area (Å²) in [5.41, 5.74) is -2.55. The van der Waals surface area contributed by atoms with Gasteiger partial charge >= 0.3 is 6.18 Å². The lowest BCUT2D eigenvalue weighted by molar-refractivity contribution is -0.161. The Morgan fingerprint density at radius 1 is 1.29 bits per heavy atom. The van der Waals surface area contributed by atoms with E-state index in [0.29, 0.717) is 15.7 Å². The van der Waals surface area contributed by atoms with Crippen molar-refractivity contribution >= 4 is 31.9 Å². The number of nitrogens with zero attached hydrogens (tertiary/aromatic N) is 3. The highest BCUT2D eigenvalue weighted by atomic mass is 32.2. The van der Waals surface area contributed by atoms with E-state index in [9.17, 15) is 40.6 Å². The molecule has 194 valence electrons. The molecule has 0 saturated heterocycles. The van der Waals surface area contributed by atoms with Crippen molar-refractivity contribution in [1.29, 1.82) is 0 Å². The fraction of sp³-hybridized carbons (Fsp3) is 0.600. The summed E-state index contributed by atoms with van der Waals surface area (Å²) >= 11 is 1.07. The number of fused-ring (bicyclic) bond motifs is 1. The highest BCUT2D eigenvalue weighted by Crippen LogP contribution is 2.48. The summed E-state index contributed by atoms with van der Waals surface area (Å²) < 4.78 is 97.7. The zero-order chi connectivity index (χ0) is 26.2. The highest BCUT2D eigenvalue weighted by Gasteiger charge is 2.59. The second-order valence-corrected chi connectivity index (χ2v) is 12.1. The number of alkyl halides is 5. The first-order chi connectivity index (χ1) is 15.9. The molecule has 0 spiro atoms. The number of aromatic nitrogens is 3. The van der Waals surface area contributed by atoms with Gasteiger partial charge in [-0.15, -0.1) is 0 Å². The predicted octanol–water partition coefficient (Wildman–Crippen LogP) is 3.26. The number of allylic oxidation sites excluding steroid dienone is 4. The van der Waals surface area contributed by atoms with Crippen LogP contribution in [0.5, 0.6) is 0 Å². The lowest BCUT2D eigenvalue weighted by Crippen LogP contribution is -2.64. The Morgan fingerprint density at radius 3 is 2.43 bits per heavy atom. The van der Waals surface area contributed by atoms with Gasteiger partial charge in [-0.05, 0) is 38.8 Å². The van der Waals surface area contributed by atoms with E-state index in [1.807, 2.05) is 4.72 Å². The van der Waals surface area contributed by atoms with Gasteiger partial charge in [-0.1, -0.05) is 17.4 Å². The van der Waals surface area contributed by atoms with E-state index in [0.717, 1.165) is 17.4 Å². The lowest BCUT2D eigenvalue weighted by Gasteiger charge is -2.46. The minimum Gasteiger partial charge on any atom is -0.394 e. The van der Waals surface area contributed by atoms with Crippen molar-refractivity contribution in [3.8, 4) is 0 Å². The molecule has 2 aromatic heterocycles. The van der Waals surface area contributed by atoms with Crippen LogP contribution >= 0.6 is 11.3 Å². The first kappa shape index (κ1) is 26.1. The molecule has 4 rings (SSSR count). The fourth-order valence-corrected chi connectivity index (χ4v) is 7.05. The number of halogens is 5. The second kappa shape index (κ2) is 8.03. The lowest BCUT2D eigenvalue weighted by atomic mass is 9.75. The maximum absolute atomic E-state index is 13.8. The number of sulfonamides is 1. The van der Waals surface area contributed by atoms with E-state index >= 15 is 0 Å². The molecule has 2 aliphatic rings. The molecule has 0 aliphatic heterocycles. The average Bonchev–Trinajstić information content (AvgIpc) is 3.21. The molecule has 0 radical (unpaired) electrons. The molecule has 2 aliphatic carbocycles. The topological polar surface area (TPSA) is 117 Å². The standard InChI is InChI=1S/C20H23F5N4O4S2/c1-10-14(29-16(26-10)34-15(27-29)17(2,3)31)11-4-5-12(20(23,24)25)13(6-11)35(32,33)28-18(9-30)7-19(21,22)8-18/h4,6,12,28,30-31H,5,7-9H2,1-3H3. The van der Waals surface area contributed by atoms with Gasteiger partial charge in [0, 0.05) is 12.8 Å². The SMILES string of the molecule is Cc1nc2sc(C(C)(C)O)nn2c1C1=CCC(C(F)(F)F)C(S(=O)(=O)NC2(CO)CC(F)(F)C2)=C1. The van der Waals surface area contributed by atoms with Crippen LogP contribution in [0.15, 0.2) is 17.1 Å². The largest absolute Gasteiger partial charge is 0.396 e. The number of hydrogen-bond acceptors (Lipinski definition) is 7. The number of aryl methyl sites for hydroxylation is 1. The molecular weight excluding hydrogens is 519 g/mol. The summed E-state index contributed by atoms with van der Waals surface area (Å²) in [7, 11) is -4.94. The van der Waals surface area contributed by atoms with Gasteiger partial charge < -0.3 is 10.2 Å². The van der Waals surface area contributed by atoms with Crippen molar-refractivity contribution in [2.45, 2.75) is 63.3 Å². The second-order valence-electron chi connectivity index (χ2n) is 9.50. The number of aliphatic hydroxyl groups is 2. The third kappa shape index (κ3) is 4.75. The Hall–Kier alpha value is -1.94. The molecule has 2 heterocycles. The Labute approximate surface area is 201 Å². The van der Waals surface area contributed by atoms with E-state index in [-0.39, 0.29) is 11.3 Å². The van der Waals surface area contributed by atoms with E-state index in [2.05, 4.69) is 10.1 Å². The maximum atomic E-state index is 13.8. The summed E-state index contributed by atoms with van der Waals surface area (Å²) in [6.45, 7) is 3.59. The van der Waals surface area contributed by atoms with Gasteiger partial charge in [0.25, 0.3) is 5.92 Å². The summed E-state index contributed by atoms with van der Waals surface area (Å²) in [6, 6.07) is 0. The van der Waals surface area contributed by atoms with Gasteiger partial charge in [-0.2, -0.15) is 18.3 Å². The summed E-state index contributed by atoms with van der Waals surface area (Å²) in [5.74, 6) is -5.64.